The summed E-state index contributed by atoms with van der Waals surface area (Å²) in [6.07, 6.45) is 0.527. The van der Waals surface area contributed by atoms with Crippen LogP contribution in [0.2, 0.25) is 0 Å². The van der Waals surface area contributed by atoms with Crippen molar-refractivity contribution in [3.63, 3.8) is 0 Å². The number of anilines is 1. The molecule has 7 heteroatoms. The van der Waals surface area contributed by atoms with E-state index in [0.29, 0.717) is 29.2 Å². The molecule has 1 atom stereocenters. The van der Waals surface area contributed by atoms with Crippen LogP contribution in [0.4, 0.5) is 5.69 Å². The molecule has 7 nitrogen and oxygen atoms in total. The van der Waals surface area contributed by atoms with Crippen molar-refractivity contribution in [1.82, 2.24) is 9.99 Å². The molecular formula is C33H28N4O3. The molecule has 1 aliphatic rings. The van der Waals surface area contributed by atoms with Crippen molar-refractivity contribution in [3.8, 4) is 22.8 Å². The Kier molecular flexibility index (Phi) is 6.62. The molecule has 0 aliphatic carbocycles. The number of para-hydroxylation sites is 1. The van der Waals surface area contributed by atoms with Gasteiger partial charge in [0, 0.05) is 23.1 Å². The molecule has 0 spiro atoms. The molecule has 2 heterocycles. The minimum atomic E-state index is -0.355. The number of hydrogen-bond donors (Lipinski definition) is 1. The summed E-state index contributed by atoms with van der Waals surface area (Å²) in [5.41, 5.74) is 12.2. The van der Waals surface area contributed by atoms with E-state index in [4.69, 9.17) is 25.3 Å². The minimum absolute atomic E-state index is 0.207. The molecule has 1 aliphatic heterocycles. The summed E-state index contributed by atoms with van der Waals surface area (Å²) in [4.78, 5) is 19.3. The van der Waals surface area contributed by atoms with Crippen LogP contribution in [0, 0.1) is 0 Å². The van der Waals surface area contributed by atoms with Gasteiger partial charge in [0.05, 0.1) is 42.7 Å². The highest BCUT2D eigenvalue weighted by Gasteiger charge is 2.35. The van der Waals surface area contributed by atoms with E-state index in [9.17, 15) is 4.79 Å². The second-order valence-electron chi connectivity index (χ2n) is 9.59. The quantitative estimate of drug-likeness (QED) is 0.254. The summed E-state index contributed by atoms with van der Waals surface area (Å²) >= 11 is 0. The molecule has 5 aromatic rings. The SMILES string of the molecule is COc1ccc(C2CC(c3ccc(N)cc3)=NN2C(=O)c2cc(-c3ccccc3)nc3ccccc23)cc1OC. The Balaban J connectivity index is 1.49. The molecule has 0 saturated carbocycles. The molecule has 2 N–H and O–H groups in total. The first-order valence-corrected chi connectivity index (χ1v) is 13.0. The first kappa shape index (κ1) is 25.1. The number of hydrazone groups is 1. The summed E-state index contributed by atoms with van der Waals surface area (Å²) in [6.45, 7) is 0. The lowest BCUT2D eigenvalue weighted by molar-refractivity contribution is 0.0713. The average Bonchev–Trinajstić information content (AvgIpc) is 3.46. The predicted octanol–water partition coefficient (Wildman–Crippen LogP) is 6.49. The third-order valence-electron chi connectivity index (χ3n) is 7.17. The molecule has 0 saturated heterocycles. The van der Waals surface area contributed by atoms with E-state index in [0.717, 1.165) is 39.0 Å². The maximum absolute atomic E-state index is 14.5. The average molecular weight is 529 g/mol. The third-order valence-corrected chi connectivity index (χ3v) is 7.17. The molecule has 40 heavy (non-hydrogen) atoms. The number of nitrogens with zero attached hydrogens (tertiary/aromatic N) is 3. The highest BCUT2D eigenvalue weighted by atomic mass is 16.5. The summed E-state index contributed by atoms with van der Waals surface area (Å²) in [5, 5.41) is 7.26. The molecular weight excluding hydrogens is 500 g/mol. The van der Waals surface area contributed by atoms with Crippen LogP contribution < -0.4 is 15.2 Å². The topological polar surface area (TPSA) is 90.0 Å². The van der Waals surface area contributed by atoms with Crippen molar-refractivity contribution in [1.29, 1.82) is 0 Å². The molecule has 4 aromatic carbocycles. The first-order valence-electron chi connectivity index (χ1n) is 13.0. The fraction of sp³-hybridized carbons (Fsp3) is 0.121. The van der Waals surface area contributed by atoms with Gasteiger partial charge >= 0.3 is 0 Å². The van der Waals surface area contributed by atoms with Gasteiger partial charge in [-0.15, -0.1) is 0 Å². The van der Waals surface area contributed by atoms with E-state index < -0.39 is 0 Å². The van der Waals surface area contributed by atoms with Gasteiger partial charge < -0.3 is 15.2 Å². The number of hydrogen-bond acceptors (Lipinski definition) is 6. The predicted molar refractivity (Wildman–Crippen MR) is 158 cm³/mol. The number of aromatic nitrogens is 1. The lowest BCUT2D eigenvalue weighted by Crippen LogP contribution is -2.27. The Labute approximate surface area is 232 Å². The number of benzene rings is 4. The van der Waals surface area contributed by atoms with E-state index in [1.807, 2.05) is 103 Å². The number of amides is 1. The number of nitrogens with two attached hydrogens (primary N) is 1. The molecule has 0 fully saturated rings. The Hall–Kier alpha value is -5.17. The smallest absolute Gasteiger partial charge is 0.275 e. The fourth-order valence-electron chi connectivity index (χ4n) is 5.10. The highest BCUT2D eigenvalue weighted by molar-refractivity contribution is 6.10. The van der Waals surface area contributed by atoms with E-state index in [1.165, 1.54) is 0 Å². The number of fused-ring (bicyclic) bond motifs is 1. The number of methoxy groups -OCH3 is 2. The lowest BCUT2D eigenvalue weighted by atomic mass is 9.97. The van der Waals surface area contributed by atoms with Gasteiger partial charge in [-0.2, -0.15) is 5.10 Å². The van der Waals surface area contributed by atoms with Gasteiger partial charge in [0.15, 0.2) is 11.5 Å². The first-order chi connectivity index (χ1) is 19.6. The van der Waals surface area contributed by atoms with Crippen molar-refractivity contribution in [2.24, 2.45) is 5.10 Å². The summed E-state index contributed by atoms with van der Waals surface area (Å²) in [6, 6.07) is 32.3. The van der Waals surface area contributed by atoms with Gasteiger partial charge in [-0.05, 0) is 47.5 Å². The van der Waals surface area contributed by atoms with E-state index in [-0.39, 0.29) is 11.9 Å². The maximum atomic E-state index is 14.5. The Bertz CT molecular complexity index is 1730. The molecule has 0 radical (unpaired) electrons. The summed E-state index contributed by atoms with van der Waals surface area (Å²) < 4.78 is 11.0. The monoisotopic (exact) mass is 528 g/mol. The van der Waals surface area contributed by atoms with Crippen molar-refractivity contribution in [2.45, 2.75) is 12.5 Å². The van der Waals surface area contributed by atoms with Gasteiger partial charge in [0.2, 0.25) is 0 Å². The Morgan fingerprint density at radius 1 is 0.825 bits per heavy atom. The molecule has 1 aromatic heterocycles. The zero-order chi connectivity index (χ0) is 27.6. The Morgan fingerprint density at radius 2 is 1.55 bits per heavy atom. The van der Waals surface area contributed by atoms with Crippen LogP contribution in [-0.4, -0.2) is 35.8 Å². The molecule has 198 valence electrons. The third kappa shape index (κ3) is 4.62. The van der Waals surface area contributed by atoms with Gasteiger partial charge in [-0.25, -0.2) is 9.99 Å². The van der Waals surface area contributed by atoms with Crippen molar-refractivity contribution in [3.05, 3.63) is 120 Å². The van der Waals surface area contributed by atoms with E-state index >= 15 is 0 Å². The minimum Gasteiger partial charge on any atom is -0.493 e. The van der Waals surface area contributed by atoms with Gasteiger partial charge in [0.1, 0.15) is 0 Å². The van der Waals surface area contributed by atoms with Gasteiger partial charge in [-0.1, -0.05) is 66.7 Å². The maximum Gasteiger partial charge on any atom is 0.275 e. The van der Waals surface area contributed by atoms with Gasteiger partial charge in [0.25, 0.3) is 5.91 Å². The van der Waals surface area contributed by atoms with Crippen LogP contribution in [-0.2, 0) is 0 Å². The molecule has 0 bridgehead atoms. The second kappa shape index (κ2) is 10.5. The van der Waals surface area contributed by atoms with Crippen molar-refractivity contribution >= 4 is 28.2 Å². The highest BCUT2D eigenvalue weighted by Crippen LogP contribution is 2.39. The van der Waals surface area contributed by atoms with Gasteiger partial charge in [-0.3, -0.25) is 4.79 Å². The van der Waals surface area contributed by atoms with Crippen LogP contribution in [0.15, 0.2) is 108 Å². The van der Waals surface area contributed by atoms with Crippen LogP contribution in [0.3, 0.4) is 0 Å². The summed E-state index contributed by atoms with van der Waals surface area (Å²) in [7, 11) is 3.20. The number of rotatable bonds is 6. The van der Waals surface area contributed by atoms with E-state index in [2.05, 4.69) is 0 Å². The second-order valence-corrected chi connectivity index (χ2v) is 9.59. The van der Waals surface area contributed by atoms with Crippen molar-refractivity contribution in [2.75, 3.05) is 20.0 Å². The number of carbonyl (C=O) groups is 1. The number of nitrogen functional groups attached to an aromatic ring is 1. The van der Waals surface area contributed by atoms with Crippen LogP contribution in [0.1, 0.15) is 33.9 Å². The molecule has 1 amide bonds. The summed E-state index contributed by atoms with van der Waals surface area (Å²) in [5.74, 6) is 1.00. The largest absolute Gasteiger partial charge is 0.493 e. The van der Waals surface area contributed by atoms with Crippen LogP contribution >= 0.6 is 0 Å². The number of carbonyl (C=O) groups excluding carboxylic acids is 1. The zero-order valence-electron chi connectivity index (χ0n) is 22.2. The van der Waals surface area contributed by atoms with Crippen LogP contribution in [0.5, 0.6) is 11.5 Å². The Morgan fingerprint density at radius 3 is 2.30 bits per heavy atom. The molecule has 1 unspecified atom stereocenters. The zero-order valence-corrected chi connectivity index (χ0v) is 22.2. The normalized spacial score (nSPS) is 14.7. The molecule has 6 rings (SSSR count). The van der Waals surface area contributed by atoms with Crippen molar-refractivity contribution < 1.29 is 14.3 Å². The lowest BCUT2D eigenvalue weighted by Gasteiger charge is -2.24. The standard InChI is InChI=1S/C33H28N4O3/c1-39-31-17-14-23(18-32(31)40-2)30-20-29(22-12-15-24(34)16-13-22)36-37(30)33(38)26-19-28(21-8-4-3-5-9-21)35-27-11-7-6-10-25(26)27/h3-19,30H,20,34H2,1-2H3. The van der Waals surface area contributed by atoms with E-state index in [1.54, 1.807) is 19.2 Å². The number of pyridine rings is 1. The number of ether oxygens (including phenoxy) is 2. The van der Waals surface area contributed by atoms with Crippen LogP contribution in [0.25, 0.3) is 22.2 Å². The fourth-order valence-corrected chi connectivity index (χ4v) is 5.10.